The minimum atomic E-state index is -0.819. The molecular formula is C13H14O4. The molecule has 17 heavy (non-hydrogen) atoms. The van der Waals surface area contributed by atoms with Crippen LogP contribution in [0.15, 0.2) is 12.1 Å². The summed E-state index contributed by atoms with van der Waals surface area (Å²) in [7, 11) is 1.29. The third-order valence-electron chi connectivity index (χ3n) is 3.19. The summed E-state index contributed by atoms with van der Waals surface area (Å²) in [4.78, 5) is 23.2. The van der Waals surface area contributed by atoms with Crippen LogP contribution in [-0.2, 0) is 20.7 Å². The van der Waals surface area contributed by atoms with Crippen LogP contribution in [0.3, 0.4) is 0 Å². The van der Waals surface area contributed by atoms with E-state index in [0.29, 0.717) is 12.0 Å². The Hall–Kier alpha value is -1.84. The van der Waals surface area contributed by atoms with E-state index < -0.39 is 18.0 Å². The van der Waals surface area contributed by atoms with Crippen molar-refractivity contribution in [2.45, 2.75) is 26.4 Å². The van der Waals surface area contributed by atoms with Gasteiger partial charge in [0, 0.05) is 6.42 Å². The minimum Gasteiger partial charge on any atom is -0.466 e. The van der Waals surface area contributed by atoms with Crippen molar-refractivity contribution in [2.24, 2.45) is 0 Å². The smallest absolute Gasteiger partial charge is 0.347 e. The average molecular weight is 234 g/mol. The molecule has 4 heteroatoms. The molecule has 1 aliphatic heterocycles. The second-order valence-electron chi connectivity index (χ2n) is 4.15. The second kappa shape index (κ2) is 4.20. The summed E-state index contributed by atoms with van der Waals surface area (Å²) >= 11 is 0. The molecule has 4 nitrogen and oxygen atoms in total. The number of aryl methyl sites for hydroxylation is 1. The summed E-state index contributed by atoms with van der Waals surface area (Å²) in [5.74, 6) is -0.963. The van der Waals surface area contributed by atoms with E-state index in [-0.39, 0.29) is 0 Å². The van der Waals surface area contributed by atoms with E-state index >= 15 is 0 Å². The number of ether oxygens (including phenoxy) is 2. The number of carbonyl (C=O) groups excluding carboxylic acids is 2. The minimum absolute atomic E-state index is 0.390. The number of carbonyl (C=O) groups is 2. The van der Waals surface area contributed by atoms with Crippen molar-refractivity contribution >= 4 is 11.9 Å². The maximum Gasteiger partial charge on any atom is 0.347 e. The first-order valence-corrected chi connectivity index (χ1v) is 5.42. The Balaban J connectivity index is 2.44. The molecule has 0 aromatic heterocycles. The Morgan fingerprint density at radius 3 is 2.76 bits per heavy atom. The lowest BCUT2D eigenvalue weighted by molar-refractivity contribution is -0.151. The number of methoxy groups -OCH3 is 1. The number of cyclic esters (lactones) is 1. The fraction of sp³-hybridized carbons (Fsp3) is 0.385. The second-order valence-corrected chi connectivity index (χ2v) is 4.15. The fourth-order valence-electron chi connectivity index (χ4n) is 2.01. The van der Waals surface area contributed by atoms with Gasteiger partial charge in [0.25, 0.3) is 0 Å². The van der Waals surface area contributed by atoms with E-state index in [0.717, 1.165) is 16.7 Å². The first kappa shape index (κ1) is 11.6. The molecule has 90 valence electrons. The number of fused-ring (bicyclic) bond motifs is 1. The van der Waals surface area contributed by atoms with Crippen LogP contribution in [0.2, 0.25) is 0 Å². The molecule has 1 heterocycles. The maximum absolute atomic E-state index is 11.7. The molecule has 0 bridgehead atoms. The van der Waals surface area contributed by atoms with E-state index in [4.69, 9.17) is 4.74 Å². The van der Waals surface area contributed by atoms with Crippen molar-refractivity contribution in [3.63, 3.8) is 0 Å². The first-order valence-electron chi connectivity index (χ1n) is 5.42. The maximum atomic E-state index is 11.7. The highest BCUT2D eigenvalue weighted by Crippen LogP contribution is 2.26. The van der Waals surface area contributed by atoms with Crippen LogP contribution in [0.5, 0.6) is 0 Å². The molecule has 1 aromatic rings. The molecule has 0 amide bonds. The molecule has 0 radical (unpaired) electrons. The van der Waals surface area contributed by atoms with Crippen LogP contribution in [0.25, 0.3) is 0 Å². The Kier molecular flexibility index (Phi) is 2.88. The number of esters is 2. The van der Waals surface area contributed by atoms with Crippen LogP contribution >= 0.6 is 0 Å². The highest BCUT2D eigenvalue weighted by atomic mass is 16.6. The molecule has 0 N–H and O–H groups in total. The lowest BCUT2D eigenvalue weighted by atomic mass is 9.91. The van der Waals surface area contributed by atoms with Gasteiger partial charge in [0.2, 0.25) is 6.10 Å². The molecule has 2 rings (SSSR count). The Morgan fingerprint density at radius 2 is 2.12 bits per heavy atom. The van der Waals surface area contributed by atoms with E-state index in [9.17, 15) is 9.59 Å². The van der Waals surface area contributed by atoms with Crippen molar-refractivity contribution in [2.75, 3.05) is 7.11 Å². The van der Waals surface area contributed by atoms with Crippen molar-refractivity contribution in [3.05, 3.63) is 34.4 Å². The normalized spacial score (nSPS) is 18.3. The highest BCUT2D eigenvalue weighted by molar-refractivity contribution is 5.95. The average Bonchev–Trinajstić information content (AvgIpc) is 2.33. The van der Waals surface area contributed by atoms with Crippen molar-refractivity contribution < 1.29 is 19.1 Å². The van der Waals surface area contributed by atoms with Crippen molar-refractivity contribution in [3.8, 4) is 0 Å². The summed E-state index contributed by atoms with van der Waals surface area (Å²) in [6, 6.07) is 3.63. The predicted octanol–water partition coefficient (Wildman–Crippen LogP) is 1.56. The summed E-state index contributed by atoms with van der Waals surface area (Å²) in [5, 5.41) is 0. The molecule has 0 fully saturated rings. The van der Waals surface area contributed by atoms with Crippen molar-refractivity contribution in [1.29, 1.82) is 0 Å². The lowest BCUT2D eigenvalue weighted by Gasteiger charge is -2.24. The van der Waals surface area contributed by atoms with Crippen LogP contribution in [0, 0.1) is 13.8 Å². The number of hydrogen-bond donors (Lipinski definition) is 0. The molecule has 1 atom stereocenters. The van der Waals surface area contributed by atoms with Gasteiger partial charge >= 0.3 is 11.9 Å². The van der Waals surface area contributed by atoms with E-state index in [2.05, 4.69) is 4.74 Å². The van der Waals surface area contributed by atoms with Gasteiger partial charge in [0.15, 0.2) is 0 Å². The standard InChI is InChI=1S/C13H14O4/c1-7-4-5-9-10(8(7)2)6-11(13(15)16-3)17-12(9)14/h4-5,11H,6H2,1-3H3. The summed E-state index contributed by atoms with van der Waals surface area (Å²) < 4.78 is 9.65. The number of hydrogen-bond acceptors (Lipinski definition) is 4. The van der Waals surface area contributed by atoms with E-state index in [1.807, 2.05) is 19.9 Å². The molecule has 0 saturated carbocycles. The Bertz CT molecular complexity index is 490. The molecule has 0 aliphatic carbocycles. The van der Waals surface area contributed by atoms with Crippen LogP contribution < -0.4 is 0 Å². The SMILES string of the molecule is COC(=O)C1Cc2c(ccc(C)c2C)C(=O)O1. The quantitative estimate of drug-likeness (QED) is 0.692. The molecule has 1 aromatic carbocycles. The van der Waals surface area contributed by atoms with Crippen LogP contribution in [0.1, 0.15) is 27.0 Å². The number of benzene rings is 1. The number of rotatable bonds is 1. The third-order valence-corrected chi connectivity index (χ3v) is 3.19. The Morgan fingerprint density at radius 1 is 1.41 bits per heavy atom. The first-order chi connectivity index (χ1) is 8.04. The van der Waals surface area contributed by atoms with E-state index in [1.54, 1.807) is 6.07 Å². The highest BCUT2D eigenvalue weighted by Gasteiger charge is 2.32. The summed E-state index contributed by atoms with van der Waals surface area (Å²) in [6.07, 6.45) is -0.429. The summed E-state index contributed by atoms with van der Waals surface area (Å²) in [6.45, 7) is 3.92. The zero-order valence-corrected chi connectivity index (χ0v) is 10.1. The van der Waals surface area contributed by atoms with Gasteiger partial charge < -0.3 is 9.47 Å². The lowest BCUT2D eigenvalue weighted by Crippen LogP contribution is -2.35. The molecule has 0 saturated heterocycles. The van der Waals surface area contributed by atoms with Gasteiger partial charge in [-0.15, -0.1) is 0 Å². The topological polar surface area (TPSA) is 52.6 Å². The zero-order chi connectivity index (χ0) is 12.6. The summed E-state index contributed by atoms with van der Waals surface area (Å²) in [5.41, 5.74) is 3.57. The fourth-order valence-corrected chi connectivity index (χ4v) is 2.01. The van der Waals surface area contributed by atoms with Gasteiger partial charge in [-0.2, -0.15) is 0 Å². The monoisotopic (exact) mass is 234 g/mol. The van der Waals surface area contributed by atoms with Gasteiger partial charge in [-0.3, -0.25) is 0 Å². The molecule has 0 spiro atoms. The van der Waals surface area contributed by atoms with E-state index in [1.165, 1.54) is 7.11 Å². The van der Waals surface area contributed by atoms with Gasteiger partial charge in [-0.25, -0.2) is 9.59 Å². The van der Waals surface area contributed by atoms with Crippen LogP contribution in [0.4, 0.5) is 0 Å². The van der Waals surface area contributed by atoms with Crippen LogP contribution in [-0.4, -0.2) is 25.2 Å². The molecule has 1 unspecified atom stereocenters. The van der Waals surface area contributed by atoms with Gasteiger partial charge in [-0.1, -0.05) is 6.07 Å². The Labute approximate surface area is 99.5 Å². The largest absolute Gasteiger partial charge is 0.466 e. The van der Waals surface area contributed by atoms with Gasteiger partial charge in [-0.05, 0) is 36.6 Å². The van der Waals surface area contributed by atoms with Crippen molar-refractivity contribution in [1.82, 2.24) is 0 Å². The molecule has 1 aliphatic rings. The van der Waals surface area contributed by atoms with Gasteiger partial charge in [0.05, 0.1) is 12.7 Å². The molecular weight excluding hydrogens is 220 g/mol. The predicted molar refractivity (Wildman–Crippen MR) is 60.8 cm³/mol. The van der Waals surface area contributed by atoms with Gasteiger partial charge in [0.1, 0.15) is 0 Å². The third kappa shape index (κ3) is 1.90. The zero-order valence-electron chi connectivity index (χ0n) is 10.1.